The van der Waals surface area contributed by atoms with Gasteiger partial charge in [-0.05, 0) is 29.7 Å². The molecular formula is C19H20N2O4. The number of urea groups is 1. The molecule has 0 radical (unpaired) electrons. The van der Waals surface area contributed by atoms with E-state index < -0.39 is 23.4 Å². The SMILES string of the molecule is CC[C@@]1(C)NC(=O)N(CC(=O)OCc2cccc3ccccc23)C1=O. The van der Waals surface area contributed by atoms with Crippen molar-refractivity contribution in [3.8, 4) is 0 Å². The number of ether oxygens (including phenoxy) is 1. The highest BCUT2D eigenvalue weighted by Gasteiger charge is 2.47. The van der Waals surface area contributed by atoms with Gasteiger partial charge in [0.25, 0.3) is 5.91 Å². The molecule has 1 fully saturated rings. The van der Waals surface area contributed by atoms with Crippen molar-refractivity contribution in [2.24, 2.45) is 0 Å². The van der Waals surface area contributed by atoms with Gasteiger partial charge in [-0.2, -0.15) is 0 Å². The van der Waals surface area contributed by atoms with E-state index in [1.807, 2.05) is 42.5 Å². The fourth-order valence-corrected chi connectivity index (χ4v) is 2.88. The molecule has 0 spiro atoms. The van der Waals surface area contributed by atoms with Gasteiger partial charge in [-0.1, -0.05) is 49.4 Å². The molecule has 0 aromatic heterocycles. The molecule has 1 saturated heterocycles. The Morgan fingerprint density at radius 3 is 2.60 bits per heavy atom. The van der Waals surface area contributed by atoms with Gasteiger partial charge in [-0.15, -0.1) is 0 Å². The fraction of sp³-hybridized carbons (Fsp3) is 0.316. The first kappa shape index (κ1) is 17.0. The summed E-state index contributed by atoms with van der Waals surface area (Å²) >= 11 is 0. The lowest BCUT2D eigenvalue weighted by Gasteiger charge is -2.18. The molecule has 0 bridgehead atoms. The van der Waals surface area contributed by atoms with Crippen LogP contribution in [0.5, 0.6) is 0 Å². The van der Waals surface area contributed by atoms with E-state index in [0.29, 0.717) is 6.42 Å². The first-order chi connectivity index (χ1) is 11.9. The van der Waals surface area contributed by atoms with Crippen LogP contribution in [0.15, 0.2) is 42.5 Å². The molecule has 0 saturated carbocycles. The third-order valence-corrected chi connectivity index (χ3v) is 4.61. The number of imide groups is 1. The fourth-order valence-electron chi connectivity index (χ4n) is 2.88. The summed E-state index contributed by atoms with van der Waals surface area (Å²) in [6.45, 7) is 3.16. The summed E-state index contributed by atoms with van der Waals surface area (Å²) in [4.78, 5) is 37.2. The summed E-state index contributed by atoms with van der Waals surface area (Å²) in [5.74, 6) is -1.01. The van der Waals surface area contributed by atoms with Crippen molar-refractivity contribution in [2.45, 2.75) is 32.4 Å². The van der Waals surface area contributed by atoms with Crippen LogP contribution in [0.4, 0.5) is 4.79 Å². The normalized spacial score (nSPS) is 20.0. The minimum atomic E-state index is -0.951. The van der Waals surface area contributed by atoms with Crippen molar-refractivity contribution in [1.82, 2.24) is 10.2 Å². The van der Waals surface area contributed by atoms with Crippen molar-refractivity contribution < 1.29 is 19.1 Å². The molecule has 1 aliphatic rings. The van der Waals surface area contributed by atoms with Crippen LogP contribution in [-0.2, 0) is 20.9 Å². The molecule has 3 rings (SSSR count). The van der Waals surface area contributed by atoms with E-state index in [9.17, 15) is 14.4 Å². The Labute approximate surface area is 145 Å². The number of nitrogens with one attached hydrogen (secondary N) is 1. The Hall–Kier alpha value is -2.89. The molecule has 6 heteroatoms. The van der Waals surface area contributed by atoms with Crippen LogP contribution in [0.25, 0.3) is 10.8 Å². The maximum atomic E-state index is 12.3. The Morgan fingerprint density at radius 1 is 1.16 bits per heavy atom. The Kier molecular flexibility index (Phi) is 4.44. The lowest BCUT2D eigenvalue weighted by atomic mass is 9.99. The molecular weight excluding hydrogens is 320 g/mol. The van der Waals surface area contributed by atoms with Gasteiger partial charge in [0.15, 0.2) is 0 Å². The molecule has 1 atom stereocenters. The molecule has 25 heavy (non-hydrogen) atoms. The second-order valence-corrected chi connectivity index (χ2v) is 6.31. The van der Waals surface area contributed by atoms with Gasteiger partial charge in [0.1, 0.15) is 18.7 Å². The summed E-state index contributed by atoms with van der Waals surface area (Å²) in [7, 11) is 0. The predicted octanol–water partition coefficient (Wildman–Crippen LogP) is 2.60. The van der Waals surface area contributed by atoms with Crippen molar-refractivity contribution in [2.75, 3.05) is 6.54 Å². The van der Waals surface area contributed by atoms with Crippen molar-refractivity contribution in [3.63, 3.8) is 0 Å². The van der Waals surface area contributed by atoms with E-state index in [-0.39, 0.29) is 13.2 Å². The van der Waals surface area contributed by atoms with Gasteiger partial charge in [0.2, 0.25) is 0 Å². The molecule has 0 aliphatic carbocycles. The highest BCUT2D eigenvalue weighted by atomic mass is 16.5. The van der Waals surface area contributed by atoms with Gasteiger partial charge >= 0.3 is 12.0 Å². The summed E-state index contributed by atoms with van der Waals surface area (Å²) in [6.07, 6.45) is 0.457. The van der Waals surface area contributed by atoms with E-state index in [0.717, 1.165) is 21.2 Å². The number of rotatable bonds is 5. The molecule has 1 N–H and O–H groups in total. The van der Waals surface area contributed by atoms with Gasteiger partial charge in [0, 0.05) is 0 Å². The van der Waals surface area contributed by atoms with Crippen LogP contribution >= 0.6 is 0 Å². The lowest BCUT2D eigenvalue weighted by molar-refractivity contribution is -0.148. The zero-order valence-electron chi connectivity index (χ0n) is 14.2. The van der Waals surface area contributed by atoms with Gasteiger partial charge in [-0.3, -0.25) is 14.5 Å². The number of fused-ring (bicyclic) bond motifs is 1. The minimum Gasteiger partial charge on any atom is -0.459 e. The minimum absolute atomic E-state index is 0.0921. The molecule has 6 nitrogen and oxygen atoms in total. The van der Waals surface area contributed by atoms with E-state index >= 15 is 0 Å². The number of amides is 3. The van der Waals surface area contributed by atoms with Gasteiger partial charge < -0.3 is 10.1 Å². The van der Waals surface area contributed by atoms with E-state index in [1.54, 1.807) is 13.8 Å². The van der Waals surface area contributed by atoms with Crippen LogP contribution in [0.3, 0.4) is 0 Å². The maximum absolute atomic E-state index is 12.3. The molecule has 1 heterocycles. The monoisotopic (exact) mass is 340 g/mol. The predicted molar refractivity (Wildman–Crippen MR) is 92.7 cm³/mol. The Morgan fingerprint density at radius 2 is 1.88 bits per heavy atom. The van der Waals surface area contributed by atoms with Crippen molar-refractivity contribution in [1.29, 1.82) is 0 Å². The largest absolute Gasteiger partial charge is 0.459 e. The van der Waals surface area contributed by atoms with E-state index in [2.05, 4.69) is 5.32 Å². The zero-order valence-corrected chi connectivity index (χ0v) is 14.2. The topological polar surface area (TPSA) is 75.7 Å². The average Bonchev–Trinajstić information content (AvgIpc) is 2.83. The third-order valence-electron chi connectivity index (χ3n) is 4.61. The van der Waals surface area contributed by atoms with E-state index in [1.165, 1.54) is 0 Å². The van der Waals surface area contributed by atoms with E-state index in [4.69, 9.17) is 4.74 Å². The van der Waals surface area contributed by atoms with Crippen LogP contribution in [0.2, 0.25) is 0 Å². The molecule has 1 aliphatic heterocycles. The summed E-state index contributed by atoms with van der Waals surface area (Å²) in [6, 6.07) is 13.0. The number of hydrogen-bond acceptors (Lipinski definition) is 4. The molecule has 3 amide bonds. The molecule has 2 aromatic carbocycles. The maximum Gasteiger partial charge on any atom is 0.326 e. The van der Waals surface area contributed by atoms with Crippen molar-refractivity contribution in [3.05, 3.63) is 48.0 Å². The number of carbonyl (C=O) groups is 3. The van der Waals surface area contributed by atoms with Crippen LogP contribution in [0, 0.1) is 0 Å². The van der Waals surface area contributed by atoms with Crippen LogP contribution in [-0.4, -0.2) is 34.9 Å². The number of esters is 1. The molecule has 0 unspecified atom stereocenters. The van der Waals surface area contributed by atoms with Crippen molar-refractivity contribution >= 4 is 28.7 Å². The molecule has 2 aromatic rings. The molecule has 130 valence electrons. The lowest BCUT2D eigenvalue weighted by Crippen LogP contribution is -2.43. The van der Waals surface area contributed by atoms with Crippen LogP contribution < -0.4 is 5.32 Å². The van der Waals surface area contributed by atoms with Crippen LogP contribution in [0.1, 0.15) is 25.8 Å². The summed E-state index contributed by atoms with van der Waals surface area (Å²) < 4.78 is 5.28. The van der Waals surface area contributed by atoms with Gasteiger partial charge in [-0.25, -0.2) is 4.79 Å². The first-order valence-corrected chi connectivity index (χ1v) is 8.21. The first-order valence-electron chi connectivity index (χ1n) is 8.21. The highest BCUT2D eigenvalue weighted by Crippen LogP contribution is 2.21. The number of nitrogens with zero attached hydrogens (tertiary/aromatic N) is 1. The number of hydrogen-bond donors (Lipinski definition) is 1. The Bertz CT molecular complexity index is 843. The summed E-state index contributed by atoms with van der Waals surface area (Å²) in [5, 5.41) is 4.68. The third kappa shape index (κ3) is 3.20. The van der Waals surface area contributed by atoms with Gasteiger partial charge in [0.05, 0.1) is 0 Å². The highest BCUT2D eigenvalue weighted by molar-refractivity contribution is 6.08. The second-order valence-electron chi connectivity index (χ2n) is 6.31. The second kappa shape index (κ2) is 6.55. The standard InChI is InChI=1S/C19H20N2O4/c1-3-19(2)17(23)21(18(24)20-19)11-16(22)25-12-14-9-6-8-13-7-4-5-10-15(13)14/h4-10H,3,11-12H2,1-2H3,(H,20,24)/t19-/m1/s1. The summed E-state index contributed by atoms with van der Waals surface area (Å²) in [5.41, 5.74) is -0.0745. The smallest absolute Gasteiger partial charge is 0.326 e. The zero-order chi connectivity index (χ0) is 18.0. The quantitative estimate of drug-likeness (QED) is 0.670. The number of carbonyl (C=O) groups excluding carboxylic acids is 3. The Balaban J connectivity index is 1.65. The average molecular weight is 340 g/mol. The number of benzene rings is 2.